The minimum Gasteiger partial charge on any atom is -0.478 e. The average Bonchev–Trinajstić information content (AvgIpc) is 2.40. The van der Waals surface area contributed by atoms with Crippen molar-refractivity contribution in [3.05, 3.63) is 66.0 Å². The summed E-state index contributed by atoms with van der Waals surface area (Å²) < 4.78 is 19.2. The molecule has 19 heavy (non-hydrogen) atoms. The number of carboxylic acids is 1. The number of aliphatic carboxylic acids is 1. The maximum absolute atomic E-state index is 13.8. The van der Waals surface area contributed by atoms with Gasteiger partial charge in [-0.3, -0.25) is 0 Å². The summed E-state index contributed by atoms with van der Waals surface area (Å²) in [6.07, 6.45) is 2.23. The fourth-order valence-electron chi connectivity index (χ4n) is 1.53. The molecule has 0 aliphatic carbocycles. The van der Waals surface area contributed by atoms with Crippen molar-refractivity contribution in [1.82, 2.24) is 0 Å². The molecule has 0 atom stereocenters. The van der Waals surface area contributed by atoms with Gasteiger partial charge in [-0.2, -0.15) is 0 Å². The van der Waals surface area contributed by atoms with Crippen LogP contribution in [-0.2, 0) is 4.79 Å². The third-order valence-corrected chi connectivity index (χ3v) is 2.37. The van der Waals surface area contributed by atoms with Crippen LogP contribution < -0.4 is 4.74 Å². The monoisotopic (exact) mass is 258 g/mol. The first kappa shape index (κ1) is 12.8. The van der Waals surface area contributed by atoms with E-state index in [-0.39, 0.29) is 5.75 Å². The van der Waals surface area contributed by atoms with Crippen LogP contribution in [0, 0.1) is 5.82 Å². The number of rotatable bonds is 4. The molecule has 1 N–H and O–H groups in total. The fourth-order valence-corrected chi connectivity index (χ4v) is 1.53. The second-order valence-corrected chi connectivity index (χ2v) is 3.74. The standard InChI is InChI=1S/C15H11FO3/c16-13-8-4-5-11(9-10-14(17)18)15(13)19-12-6-2-1-3-7-12/h1-10H,(H,17,18)/b10-9+. The summed E-state index contributed by atoms with van der Waals surface area (Å²) >= 11 is 0. The lowest BCUT2D eigenvalue weighted by molar-refractivity contribution is -0.131. The Balaban J connectivity index is 2.35. The van der Waals surface area contributed by atoms with Gasteiger partial charge in [0.25, 0.3) is 0 Å². The molecule has 3 nitrogen and oxygen atoms in total. The van der Waals surface area contributed by atoms with Crippen LogP contribution in [0.25, 0.3) is 6.08 Å². The Morgan fingerprint density at radius 2 is 1.84 bits per heavy atom. The van der Waals surface area contributed by atoms with Gasteiger partial charge in [-0.1, -0.05) is 30.3 Å². The second-order valence-electron chi connectivity index (χ2n) is 3.74. The van der Waals surface area contributed by atoms with Crippen LogP contribution in [0.4, 0.5) is 4.39 Å². The zero-order valence-corrected chi connectivity index (χ0v) is 9.92. The van der Waals surface area contributed by atoms with Gasteiger partial charge in [-0.25, -0.2) is 9.18 Å². The van der Waals surface area contributed by atoms with Gasteiger partial charge >= 0.3 is 5.97 Å². The molecule has 0 unspecified atom stereocenters. The van der Waals surface area contributed by atoms with E-state index in [4.69, 9.17) is 9.84 Å². The van der Waals surface area contributed by atoms with Crippen molar-refractivity contribution < 1.29 is 19.0 Å². The Labute approximate surface area is 109 Å². The number of carboxylic acid groups (broad SMARTS) is 1. The summed E-state index contributed by atoms with van der Waals surface area (Å²) in [5.74, 6) is -1.16. The lowest BCUT2D eigenvalue weighted by Gasteiger charge is -2.09. The number of carbonyl (C=O) groups is 1. The highest BCUT2D eigenvalue weighted by Gasteiger charge is 2.09. The Morgan fingerprint density at radius 1 is 1.11 bits per heavy atom. The van der Waals surface area contributed by atoms with Crippen LogP contribution in [0.3, 0.4) is 0 Å². The normalized spacial score (nSPS) is 10.6. The van der Waals surface area contributed by atoms with Gasteiger partial charge in [-0.05, 0) is 24.3 Å². The van der Waals surface area contributed by atoms with Crippen molar-refractivity contribution in [3.8, 4) is 11.5 Å². The number of halogens is 1. The van der Waals surface area contributed by atoms with Crippen LogP contribution in [0.2, 0.25) is 0 Å². The van der Waals surface area contributed by atoms with Crippen molar-refractivity contribution in [3.63, 3.8) is 0 Å². The average molecular weight is 258 g/mol. The van der Waals surface area contributed by atoms with Gasteiger partial charge in [0.2, 0.25) is 0 Å². The highest BCUT2D eigenvalue weighted by Crippen LogP contribution is 2.29. The Bertz CT molecular complexity index is 606. The van der Waals surface area contributed by atoms with Gasteiger partial charge < -0.3 is 9.84 Å². The molecule has 0 aliphatic heterocycles. The Hall–Kier alpha value is -2.62. The first-order valence-corrected chi connectivity index (χ1v) is 5.59. The van der Waals surface area contributed by atoms with Gasteiger partial charge in [0, 0.05) is 11.6 Å². The van der Waals surface area contributed by atoms with Crippen molar-refractivity contribution >= 4 is 12.0 Å². The lowest BCUT2D eigenvalue weighted by Crippen LogP contribution is -1.92. The molecule has 2 aromatic rings. The van der Waals surface area contributed by atoms with Crippen LogP contribution in [0.5, 0.6) is 11.5 Å². The number of hydrogen-bond acceptors (Lipinski definition) is 2. The summed E-state index contributed by atoms with van der Waals surface area (Å²) in [5, 5.41) is 8.60. The molecule has 0 saturated carbocycles. The molecule has 0 aliphatic rings. The third-order valence-electron chi connectivity index (χ3n) is 2.37. The topological polar surface area (TPSA) is 46.5 Å². The summed E-state index contributed by atoms with van der Waals surface area (Å²) in [6, 6.07) is 13.1. The first-order chi connectivity index (χ1) is 9.16. The zero-order chi connectivity index (χ0) is 13.7. The van der Waals surface area contributed by atoms with E-state index in [1.165, 1.54) is 18.2 Å². The van der Waals surface area contributed by atoms with Gasteiger partial charge in [0.05, 0.1) is 0 Å². The molecule has 0 saturated heterocycles. The molecule has 2 rings (SSSR count). The lowest BCUT2D eigenvalue weighted by atomic mass is 10.1. The predicted molar refractivity (Wildman–Crippen MR) is 69.6 cm³/mol. The van der Waals surface area contributed by atoms with Crippen molar-refractivity contribution in [2.75, 3.05) is 0 Å². The van der Waals surface area contributed by atoms with Crippen molar-refractivity contribution in [2.24, 2.45) is 0 Å². The molecule has 0 amide bonds. The van der Waals surface area contributed by atoms with Crippen LogP contribution in [0.1, 0.15) is 5.56 Å². The quantitative estimate of drug-likeness (QED) is 0.850. The van der Waals surface area contributed by atoms with Crippen LogP contribution in [-0.4, -0.2) is 11.1 Å². The molecule has 0 aromatic heterocycles. The number of hydrogen-bond donors (Lipinski definition) is 1. The van der Waals surface area contributed by atoms with Crippen LogP contribution >= 0.6 is 0 Å². The minimum absolute atomic E-state index is 0.00574. The third kappa shape index (κ3) is 3.42. The zero-order valence-electron chi connectivity index (χ0n) is 9.92. The summed E-state index contributed by atoms with van der Waals surface area (Å²) in [6.45, 7) is 0. The van der Waals surface area contributed by atoms with E-state index in [1.54, 1.807) is 30.3 Å². The molecule has 4 heteroatoms. The Morgan fingerprint density at radius 3 is 2.53 bits per heavy atom. The molecule has 0 bridgehead atoms. The largest absolute Gasteiger partial charge is 0.478 e. The predicted octanol–water partition coefficient (Wildman–Crippen LogP) is 3.72. The van der Waals surface area contributed by atoms with E-state index < -0.39 is 11.8 Å². The van der Waals surface area contributed by atoms with Crippen molar-refractivity contribution in [1.29, 1.82) is 0 Å². The van der Waals surface area contributed by atoms with Gasteiger partial charge in [-0.15, -0.1) is 0 Å². The maximum Gasteiger partial charge on any atom is 0.328 e. The van der Waals surface area contributed by atoms with E-state index in [2.05, 4.69) is 0 Å². The maximum atomic E-state index is 13.8. The van der Waals surface area contributed by atoms with Crippen LogP contribution in [0.15, 0.2) is 54.6 Å². The molecule has 0 fully saturated rings. The first-order valence-electron chi connectivity index (χ1n) is 5.59. The van der Waals surface area contributed by atoms with E-state index in [9.17, 15) is 9.18 Å². The molecule has 2 aromatic carbocycles. The minimum atomic E-state index is -1.10. The fraction of sp³-hybridized carbons (Fsp3) is 0. The Kier molecular flexibility index (Phi) is 3.93. The molecule has 0 spiro atoms. The molecule has 0 heterocycles. The summed E-state index contributed by atoms with van der Waals surface area (Å²) in [7, 11) is 0. The van der Waals surface area contributed by atoms with Gasteiger partial charge in [0.15, 0.2) is 11.6 Å². The van der Waals surface area contributed by atoms with Crippen molar-refractivity contribution in [2.45, 2.75) is 0 Å². The molecular weight excluding hydrogens is 247 g/mol. The number of benzene rings is 2. The van der Waals surface area contributed by atoms with Gasteiger partial charge in [0.1, 0.15) is 5.75 Å². The van der Waals surface area contributed by atoms with E-state index in [0.29, 0.717) is 11.3 Å². The highest BCUT2D eigenvalue weighted by molar-refractivity contribution is 5.85. The molecular formula is C15H11FO3. The summed E-state index contributed by atoms with van der Waals surface area (Å²) in [5.41, 5.74) is 0.367. The summed E-state index contributed by atoms with van der Waals surface area (Å²) in [4.78, 5) is 10.5. The molecule has 0 radical (unpaired) electrons. The number of ether oxygens (including phenoxy) is 1. The van der Waals surface area contributed by atoms with E-state index in [1.807, 2.05) is 6.07 Å². The number of para-hydroxylation sites is 2. The second kappa shape index (κ2) is 5.82. The van der Waals surface area contributed by atoms with E-state index in [0.717, 1.165) is 6.08 Å². The molecule has 96 valence electrons. The smallest absolute Gasteiger partial charge is 0.328 e. The highest BCUT2D eigenvalue weighted by atomic mass is 19.1. The SMILES string of the molecule is O=C(O)/C=C/c1cccc(F)c1Oc1ccccc1. The van der Waals surface area contributed by atoms with E-state index >= 15 is 0 Å².